The summed E-state index contributed by atoms with van der Waals surface area (Å²) in [5.74, 6) is 0.143. The number of esters is 1. The van der Waals surface area contributed by atoms with E-state index in [1.807, 2.05) is 93.6 Å². The van der Waals surface area contributed by atoms with Crippen molar-refractivity contribution < 1.29 is 9.53 Å². The van der Waals surface area contributed by atoms with Crippen LogP contribution in [0.15, 0.2) is 88.7 Å². The van der Waals surface area contributed by atoms with Crippen molar-refractivity contribution in [3.8, 4) is 11.6 Å². The van der Waals surface area contributed by atoms with Crippen molar-refractivity contribution in [2.24, 2.45) is 0 Å². The molecule has 1 aromatic heterocycles. The average molecular weight is 429 g/mol. The number of nitrogens with zero attached hydrogens (tertiary/aromatic N) is 2. The number of hydrogen-bond acceptors (Lipinski definition) is 4. The zero-order valence-corrected chi connectivity index (χ0v) is 18.6. The number of benzene rings is 3. The maximum absolute atomic E-state index is 12.9. The molecule has 0 N–H and O–H groups in total. The van der Waals surface area contributed by atoms with Gasteiger partial charge in [-0.1, -0.05) is 77.5 Å². The fraction of sp³-hybridized carbons (Fsp3) is 0.154. The average Bonchev–Trinajstić information content (AvgIpc) is 3.04. The van der Waals surface area contributed by atoms with Crippen LogP contribution in [0.5, 0.6) is 5.88 Å². The second-order valence-corrected chi connectivity index (χ2v) is 8.61. The largest absolute Gasteiger partial charge is 0.406 e. The van der Waals surface area contributed by atoms with Crippen molar-refractivity contribution in [3.05, 3.63) is 101 Å². The van der Waals surface area contributed by atoms with Crippen LogP contribution in [0.25, 0.3) is 5.69 Å². The number of carbonyl (C=O) groups is 1. The number of carbonyl (C=O) groups excluding carboxylic acids is 1. The van der Waals surface area contributed by atoms with Gasteiger partial charge in [0.2, 0.25) is 5.88 Å². The molecule has 0 spiro atoms. The molecular weight excluding hydrogens is 404 g/mol. The summed E-state index contributed by atoms with van der Waals surface area (Å²) in [5, 5.41) is 4.68. The molecular formula is C26H24N2O2S. The Morgan fingerprint density at radius 1 is 0.903 bits per heavy atom. The second kappa shape index (κ2) is 9.23. The van der Waals surface area contributed by atoms with E-state index >= 15 is 0 Å². The van der Waals surface area contributed by atoms with Gasteiger partial charge in [0.05, 0.1) is 22.7 Å². The lowest BCUT2D eigenvalue weighted by Crippen LogP contribution is -2.14. The van der Waals surface area contributed by atoms with Crippen molar-refractivity contribution >= 4 is 17.7 Å². The van der Waals surface area contributed by atoms with Crippen molar-refractivity contribution in [1.82, 2.24) is 9.78 Å². The van der Waals surface area contributed by atoms with Gasteiger partial charge in [0.1, 0.15) is 0 Å². The Balaban J connectivity index is 1.69. The lowest BCUT2D eigenvalue weighted by molar-refractivity contribution is -0.134. The topological polar surface area (TPSA) is 44.1 Å². The molecule has 1 heterocycles. The highest BCUT2D eigenvalue weighted by Crippen LogP contribution is 2.39. The van der Waals surface area contributed by atoms with Gasteiger partial charge in [-0.05, 0) is 50.6 Å². The van der Waals surface area contributed by atoms with Crippen molar-refractivity contribution in [1.29, 1.82) is 0 Å². The Morgan fingerprint density at radius 3 is 2.16 bits per heavy atom. The maximum Gasteiger partial charge on any atom is 0.317 e. The zero-order valence-electron chi connectivity index (χ0n) is 17.8. The number of ether oxygens (including phenoxy) is 1. The Kier molecular flexibility index (Phi) is 6.23. The van der Waals surface area contributed by atoms with E-state index < -0.39 is 0 Å². The summed E-state index contributed by atoms with van der Waals surface area (Å²) < 4.78 is 7.66. The van der Waals surface area contributed by atoms with E-state index in [0.29, 0.717) is 5.88 Å². The third-order valence-electron chi connectivity index (χ3n) is 4.77. The van der Waals surface area contributed by atoms with Crippen LogP contribution in [0.4, 0.5) is 0 Å². The summed E-state index contributed by atoms with van der Waals surface area (Å²) >= 11 is 1.55. The van der Waals surface area contributed by atoms with Crippen molar-refractivity contribution in [3.63, 3.8) is 0 Å². The summed E-state index contributed by atoms with van der Waals surface area (Å²) in [6.07, 6.45) is 0.205. The first-order valence-corrected chi connectivity index (χ1v) is 11.0. The predicted molar refractivity (Wildman–Crippen MR) is 124 cm³/mol. The molecule has 0 fully saturated rings. The third kappa shape index (κ3) is 5.06. The van der Waals surface area contributed by atoms with Crippen molar-refractivity contribution in [2.45, 2.75) is 37.0 Å². The number of rotatable bonds is 6. The Labute approximate surface area is 186 Å². The van der Waals surface area contributed by atoms with Gasteiger partial charge < -0.3 is 4.74 Å². The first kappa shape index (κ1) is 20.9. The number of aromatic nitrogens is 2. The van der Waals surface area contributed by atoms with E-state index in [2.05, 4.69) is 11.2 Å². The minimum absolute atomic E-state index is 0.205. The van der Waals surface area contributed by atoms with E-state index in [0.717, 1.165) is 37.9 Å². The lowest BCUT2D eigenvalue weighted by Gasteiger charge is -2.11. The lowest BCUT2D eigenvalue weighted by atomic mass is 10.1. The Morgan fingerprint density at radius 2 is 1.52 bits per heavy atom. The summed E-state index contributed by atoms with van der Waals surface area (Å²) in [6, 6.07) is 25.9. The molecule has 0 aliphatic heterocycles. The molecule has 4 aromatic rings. The van der Waals surface area contributed by atoms with Gasteiger partial charge in [0.25, 0.3) is 0 Å². The monoisotopic (exact) mass is 428 g/mol. The minimum atomic E-state index is -0.308. The Bertz CT molecular complexity index is 1180. The molecule has 0 amide bonds. The molecule has 0 radical (unpaired) electrons. The third-order valence-corrected chi connectivity index (χ3v) is 5.95. The van der Waals surface area contributed by atoms with E-state index in [-0.39, 0.29) is 12.4 Å². The standard InChI is InChI=1S/C26H24N2O2S/c1-18-14-19(2)16-21(15-18)17-24(29)30-26-25(31-23-12-8-5-9-13-23)20(3)27-28(26)22-10-6-4-7-11-22/h4-16H,17H2,1-3H3. The zero-order chi connectivity index (χ0) is 21.8. The van der Waals surface area contributed by atoms with Crippen LogP contribution in [0.2, 0.25) is 0 Å². The van der Waals surface area contributed by atoms with Crippen LogP contribution in [-0.4, -0.2) is 15.7 Å². The SMILES string of the molecule is Cc1cc(C)cc(CC(=O)Oc2c(Sc3ccccc3)c(C)nn2-c2ccccc2)c1. The van der Waals surface area contributed by atoms with E-state index in [1.165, 1.54) is 0 Å². The maximum atomic E-state index is 12.9. The van der Waals surface area contributed by atoms with Crippen LogP contribution < -0.4 is 4.74 Å². The van der Waals surface area contributed by atoms with Crippen LogP contribution in [0, 0.1) is 20.8 Å². The highest BCUT2D eigenvalue weighted by Gasteiger charge is 2.22. The van der Waals surface area contributed by atoms with Gasteiger partial charge in [0, 0.05) is 4.90 Å². The van der Waals surface area contributed by atoms with Gasteiger partial charge in [-0.15, -0.1) is 0 Å². The fourth-order valence-corrected chi connectivity index (χ4v) is 4.46. The van der Waals surface area contributed by atoms with Gasteiger partial charge >= 0.3 is 5.97 Å². The van der Waals surface area contributed by atoms with Gasteiger partial charge in [-0.25, -0.2) is 0 Å². The van der Waals surface area contributed by atoms with E-state index in [9.17, 15) is 4.79 Å². The van der Waals surface area contributed by atoms with Crippen LogP contribution in [0.1, 0.15) is 22.4 Å². The van der Waals surface area contributed by atoms with E-state index in [4.69, 9.17) is 4.74 Å². The van der Waals surface area contributed by atoms with Crippen LogP contribution in [-0.2, 0) is 11.2 Å². The number of hydrogen-bond donors (Lipinski definition) is 0. The van der Waals surface area contributed by atoms with Gasteiger partial charge in [0.15, 0.2) is 0 Å². The molecule has 0 saturated carbocycles. The van der Waals surface area contributed by atoms with Crippen molar-refractivity contribution in [2.75, 3.05) is 0 Å². The molecule has 156 valence electrons. The molecule has 4 nitrogen and oxygen atoms in total. The van der Waals surface area contributed by atoms with Gasteiger partial charge in [-0.3, -0.25) is 4.79 Å². The molecule has 0 aliphatic rings. The quantitative estimate of drug-likeness (QED) is 0.348. The number of para-hydroxylation sites is 1. The Hall–Kier alpha value is -3.31. The summed E-state index contributed by atoms with van der Waals surface area (Å²) in [7, 11) is 0. The van der Waals surface area contributed by atoms with E-state index in [1.54, 1.807) is 16.4 Å². The van der Waals surface area contributed by atoms with Crippen LogP contribution >= 0.6 is 11.8 Å². The molecule has 0 saturated heterocycles. The minimum Gasteiger partial charge on any atom is -0.406 e. The highest BCUT2D eigenvalue weighted by molar-refractivity contribution is 7.99. The summed E-state index contributed by atoms with van der Waals surface area (Å²) in [5.41, 5.74) is 4.87. The summed E-state index contributed by atoms with van der Waals surface area (Å²) in [6.45, 7) is 6.00. The molecule has 31 heavy (non-hydrogen) atoms. The molecule has 0 unspecified atom stereocenters. The fourth-order valence-electron chi connectivity index (χ4n) is 3.53. The predicted octanol–water partition coefficient (Wildman–Crippen LogP) is 6.10. The first-order valence-electron chi connectivity index (χ1n) is 10.2. The second-order valence-electron chi connectivity index (χ2n) is 7.53. The van der Waals surface area contributed by atoms with Crippen LogP contribution in [0.3, 0.4) is 0 Å². The first-order chi connectivity index (χ1) is 15.0. The summed E-state index contributed by atoms with van der Waals surface area (Å²) in [4.78, 5) is 14.8. The molecule has 4 rings (SSSR count). The molecule has 3 aromatic carbocycles. The highest BCUT2D eigenvalue weighted by atomic mass is 32.2. The smallest absolute Gasteiger partial charge is 0.317 e. The molecule has 0 aliphatic carbocycles. The van der Waals surface area contributed by atoms with Gasteiger partial charge in [-0.2, -0.15) is 9.78 Å². The normalized spacial score (nSPS) is 10.8. The molecule has 0 bridgehead atoms. The molecule has 0 atom stereocenters. The molecule has 5 heteroatoms. The number of aryl methyl sites for hydroxylation is 3.